The minimum Gasteiger partial charge on any atom is -0.462 e. The van der Waals surface area contributed by atoms with Gasteiger partial charge in [-0.05, 0) is 49.4 Å². The Morgan fingerprint density at radius 1 is 0.298 bits per heavy atom. The maximum atomic E-state index is 13.0. The van der Waals surface area contributed by atoms with Crippen molar-refractivity contribution >= 4 is 39.5 Å². The molecule has 0 aliphatic heterocycles. The Bertz CT molecular complexity index is 1680. The summed E-state index contributed by atoms with van der Waals surface area (Å²) in [5.74, 6) is 0.714. The van der Waals surface area contributed by atoms with Crippen LogP contribution in [0.4, 0.5) is 0 Å². The first-order valence-corrected chi connectivity index (χ1v) is 36.7. The van der Waals surface area contributed by atoms with Crippen LogP contribution in [-0.2, 0) is 65.4 Å². The zero-order chi connectivity index (χ0) is 62.5. The van der Waals surface area contributed by atoms with Crippen molar-refractivity contribution in [2.75, 3.05) is 39.6 Å². The fourth-order valence-corrected chi connectivity index (χ4v) is 11.2. The lowest BCUT2D eigenvalue weighted by atomic mass is 10.0. The number of unbranched alkanes of at least 4 members (excludes halogenated alkanes) is 28. The number of hydrogen-bond donors (Lipinski definition) is 3. The van der Waals surface area contributed by atoms with Gasteiger partial charge in [-0.3, -0.25) is 37.3 Å². The molecule has 0 saturated heterocycles. The van der Waals surface area contributed by atoms with E-state index in [9.17, 15) is 43.2 Å². The smallest absolute Gasteiger partial charge is 0.462 e. The lowest BCUT2D eigenvalue weighted by Crippen LogP contribution is -2.30. The molecular weight excluding hydrogens is 1110 g/mol. The predicted molar refractivity (Wildman–Crippen MR) is 335 cm³/mol. The van der Waals surface area contributed by atoms with Crippen LogP contribution in [0, 0.1) is 23.7 Å². The monoisotopic (exact) mass is 1240 g/mol. The van der Waals surface area contributed by atoms with Gasteiger partial charge in [0.25, 0.3) is 0 Å². The summed E-state index contributed by atoms with van der Waals surface area (Å²) < 4.78 is 68.0. The van der Waals surface area contributed by atoms with Gasteiger partial charge in [0, 0.05) is 25.7 Å². The van der Waals surface area contributed by atoms with E-state index < -0.39 is 97.5 Å². The number of aliphatic hydroxyl groups excluding tert-OH is 1. The molecule has 0 rings (SSSR count). The molecule has 0 heterocycles. The zero-order valence-corrected chi connectivity index (χ0v) is 56.3. The molecule has 0 aromatic rings. The van der Waals surface area contributed by atoms with Crippen LogP contribution in [0.25, 0.3) is 0 Å². The highest BCUT2D eigenvalue weighted by Gasteiger charge is 2.30. The molecule has 0 amide bonds. The Balaban J connectivity index is 5.22. The number of hydrogen-bond acceptors (Lipinski definition) is 15. The molecule has 0 aliphatic rings. The highest BCUT2D eigenvalue weighted by molar-refractivity contribution is 7.47. The van der Waals surface area contributed by atoms with Crippen molar-refractivity contribution in [3.63, 3.8) is 0 Å². The fourth-order valence-electron chi connectivity index (χ4n) is 9.61. The summed E-state index contributed by atoms with van der Waals surface area (Å²) in [5.41, 5.74) is 0. The molecule has 0 spiro atoms. The largest absolute Gasteiger partial charge is 0.472 e. The SMILES string of the molecule is CC(C)CCCCCCCCCCCCCC(=O)OC[C@H](COP(=O)(O)OC[C@@H](O)COP(=O)(O)OC[C@@H](COC(=O)CCCCCCCCC(C)C)OC(=O)CCCCCCCCCCCC(C)C)OC(=O)CCCCCCCCC(C)C. The van der Waals surface area contributed by atoms with Crippen molar-refractivity contribution in [3.8, 4) is 0 Å². The van der Waals surface area contributed by atoms with Gasteiger partial charge in [-0.1, -0.05) is 261 Å². The summed E-state index contributed by atoms with van der Waals surface area (Å²) in [7, 11) is -9.89. The molecule has 2 unspecified atom stereocenters. The minimum absolute atomic E-state index is 0.101. The molecule has 0 bridgehead atoms. The number of rotatable bonds is 62. The summed E-state index contributed by atoms with van der Waals surface area (Å²) in [6, 6.07) is 0. The standard InChI is InChI=1S/C65H126O17P2/c1-55(2)41-33-25-17-13-10-9-11-15-19-29-37-45-62(67)75-51-61(82-65(70)48-40-32-24-22-28-36-44-58(7)8)54-80-84(73,74)78-50-59(66)49-77-83(71,72)79-53-60(52-76-63(68)46-38-30-23-21-27-35-43-57(5)6)81-64(69)47-39-31-20-16-12-14-18-26-34-42-56(3)4/h55-61,66H,9-54H2,1-8H3,(H,71,72)(H,73,74)/t59-,60+,61+/m0/s1. The fraction of sp³-hybridized carbons (Fsp3) is 0.938. The average molecular weight is 1240 g/mol. The Labute approximate surface area is 511 Å². The van der Waals surface area contributed by atoms with E-state index in [2.05, 4.69) is 55.4 Å². The number of carbonyl (C=O) groups is 4. The number of esters is 4. The van der Waals surface area contributed by atoms with Gasteiger partial charge in [0.05, 0.1) is 26.4 Å². The number of ether oxygens (including phenoxy) is 4. The first-order chi connectivity index (χ1) is 40.1. The molecule has 0 aromatic carbocycles. The van der Waals surface area contributed by atoms with Crippen LogP contribution < -0.4 is 0 Å². The van der Waals surface area contributed by atoms with E-state index in [1.807, 2.05) is 0 Å². The summed E-state index contributed by atoms with van der Waals surface area (Å²) in [6.45, 7) is 13.9. The molecule has 84 heavy (non-hydrogen) atoms. The lowest BCUT2D eigenvalue weighted by molar-refractivity contribution is -0.161. The van der Waals surface area contributed by atoms with Gasteiger partial charge in [0.1, 0.15) is 19.3 Å². The van der Waals surface area contributed by atoms with Crippen molar-refractivity contribution in [3.05, 3.63) is 0 Å². The van der Waals surface area contributed by atoms with Crippen LogP contribution in [0.3, 0.4) is 0 Å². The van der Waals surface area contributed by atoms with Gasteiger partial charge in [-0.15, -0.1) is 0 Å². The Morgan fingerprint density at radius 3 is 0.738 bits per heavy atom. The molecule has 0 radical (unpaired) electrons. The summed E-state index contributed by atoms with van der Waals surface area (Å²) in [5, 5.41) is 10.5. The van der Waals surface area contributed by atoms with E-state index in [0.717, 1.165) is 108 Å². The highest BCUT2D eigenvalue weighted by Crippen LogP contribution is 2.45. The van der Waals surface area contributed by atoms with Gasteiger partial charge in [0.15, 0.2) is 12.2 Å². The molecule has 5 atom stereocenters. The molecule has 19 heteroatoms. The van der Waals surface area contributed by atoms with Crippen LogP contribution in [-0.4, -0.2) is 96.7 Å². The zero-order valence-electron chi connectivity index (χ0n) is 54.5. The average Bonchev–Trinajstić information content (AvgIpc) is 3.45. The third-order valence-electron chi connectivity index (χ3n) is 14.8. The number of carbonyl (C=O) groups excluding carboxylic acids is 4. The van der Waals surface area contributed by atoms with Crippen LogP contribution in [0.5, 0.6) is 0 Å². The molecule has 0 aliphatic carbocycles. The molecule has 0 fully saturated rings. The molecule has 0 saturated carbocycles. The number of phosphoric ester groups is 2. The lowest BCUT2D eigenvalue weighted by Gasteiger charge is -2.21. The minimum atomic E-state index is -4.95. The van der Waals surface area contributed by atoms with Gasteiger partial charge in [-0.25, -0.2) is 9.13 Å². The molecule has 17 nitrogen and oxygen atoms in total. The predicted octanol–water partition coefficient (Wildman–Crippen LogP) is 17.8. The van der Waals surface area contributed by atoms with Gasteiger partial charge in [-0.2, -0.15) is 0 Å². The van der Waals surface area contributed by atoms with E-state index in [4.69, 9.17) is 37.0 Å². The van der Waals surface area contributed by atoms with E-state index in [1.54, 1.807) is 0 Å². The first-order valence-electron chi connectivity index (χ1n) is 33.7. The van der Waals surface area contributed by atoms with Crippen LogP contribution >= 0.6 is 15.6 Å². The van der Waals surface area contributed by atoms with Crippen molar-refractivity contribution in [1.82, 2.24) is 0 Å². The van der Waals surface area contributed by atoms with Crippen molar-refractivity contribution in [1.29, 1.82) is 0 Å². The third-order valence-corrected chi connectivity index (χ3v) is 16.7. The molecule has 3 N–H and O–H groups in total. The Morgan fingerprint density at radius 2 is 0.500 bits per heavy atom. The van der Waals surface area contributed by atoms with Gasteiger partial charge >= 0.3 is 39.5 Å². The normalized spacial score (nSPS) is 14.4. The van der Waals surface area contributed by atoms with Gasteiger partial charge < -0.3 is 33.8 Å². The summed E-state index contributed by atoms with van der Waals surface area (Å²) >= 11 is 0. The maximum absolute atomic E-state index is 13.0. The first kappa shape index (κ1) is 82.1. The topological polar surface area (TPSA) is 237 Å². The second kappa shape index (κ2) is 55.2. The van der Waals surface area contributed by atoms with Crippen molar-refractivity contribution in [2.45, 2.75) is 331 Å². The van der Waals surface area contributed by atoms with E-state index in [-0.39, 0.29) is 25.7 Å². The van der Waals surface area contributed by atoms with Gasteiger partial charge in [0.2, 0.25) is 0 Å². The van der Waals surface area contributed by atoms with Crippen LogP contribution in [0.1, 0.15) is 312 Å². The highest BCUT2D eigenvalue weighted by atomic mass is 31.2. The van der Waals surface area contributed by atoms with E-state index in [0.29, 0.717) is 37.5 Å². The molecular formula is C65H126O17P2. The van der Waals surface area contributed by atoms with E-state index in [1.165, 1.54) is 109 Å². The second-order valence-electron chi connectivity index (χ2n) is 25.4. The number of aliphatic hydroxyl groups is 1. The van der Waals surface area contributed by atoms with Crippen LogP contribution in [0.15, 0.2) is 0 Å². The third kappa shape index (κ3) is 59.0. The Kier molecular flexibility index (Phi) is 53.9. The maximum Gasteiger partial charge on any atom is 0.472 e. The molecule has 498 valence electrons. The van der Waals surface area contributed by atoms with Crippen molar-refractivity contribution in [2.24, 2.45) is 23.7 Å². The summed E-state index contributed by atoms with van der Waals surface area (Å²) in [6.07, 6.45) is 35.2. The van der Waals surface area contributed by atoms with Crippen molar-refractivity contribution < 1.29 is 80.2 Å². The number of phosphoric acid groups is 2. The second-order valence-corrected chi connectivity index (χ2v) is 28.3. The summed E-state index contributed by atoms with van der Waals surface area (Å²) in [4.78, 5) is 72.2. The van der Waals surface area contributed by atoms with E-state index >= 15 is 0 Å². The van der Waals surface area contributed by atoms with Crippen LogP contribution in [0.2, 0.25) is 0 Å². The quantitative estimate of drug-likeness (QED) is 0.0222. The Hall–Kier alpha value is -1.94. The molecule has 0 aromatic heterocycles.